The Morgan fingerprint density at radius 2 is 1.88 bits per heavy atom. The van der Waals surface area contributed by atoms with Crippen molar-refractivity contribution < 1.29 is 33.3 Å². The van der Waals surface area contributed by atoms with Gasteiger partial charge in [0.05, 0.1) is 24.9 Å². The summed E-state index contributed by atoms with van der Waals surface area (Å²) in [5.74, 6) is -0.428. The fourth-order valence-corrected chi connectivity index (χ4v) is 5.10. The van der Waals surface area contributed by atoms with E-state index in [0.717, 1.165) is 18.4 Å². The third-order valence-corrected chi connectivity index (χ3v) is 6.60. The molecule has 3 fully saturated rings. The monoisotopic (exact) mass is 475 g/mol. The number of fused-ring (bicyclic) bond motifs is 1. The molecule has 0 spiro atoms. The second-order valence-corrected chi connectivity index (χ2v) is 10.9. The Labute approximate surface area is 201 Å². The average Bonchev–Trinajstić information content (AvgIpc) is 3.28. The molecule has 3 aliphatic rings. The minimum atomic E-state index is -1.22. The van der Waals surface area contributed by atoms with Crippen LogP contribution >= 0.6 is 0 Å². The van der Waals surface area contributed by atoms with Crippen LogP contribution in [0.3, 0.4) is 0 Å². The van der Waals surface area contributed by atoms with Crippen molar-refractivity contribution in [1.82, 2.24) is 4.90 Å². The Balaban J connectivity index is 1.56. The van der Waals surface area contributed by atoms with Crippen molar-refractivity contribution in [3.8, 4) is 0 Å². The van der Waals surface area contributed by atoms with Crippen molar-refractivity contribution in [3.63, 3.8) is 0 Å². The van der Waals surface area contributed by atoms with Crippen LogP contribution in [0.2, 0.25) is 0 Å². The number of benzene rings is 1. The van der Waals surface area contributed by atoms with Gasteiger partial charge in [-0.05, 0) is 53.0 Å². The van der Waals surface area contributed by atoms with Crippen molar-refractivity contribution in [3.05, 3.63) is 35.9 Å². The molecule has 188 valence electrons. The molecule has 0 unspecified atom stereocenters. The molecule has 1 aromatic carbocycles. The summed E-state index contributed by atoms with van der Waals surface area (Å²) >= 11 is 0. The molecular formula is C26H37NO7. The molecular weight excluding hydrogens is 438 g/mol. The number of carbonyl (C=O) groups excluding carboxylic acids is 2. The molecule has 34 heavy (non-hydrogen) atoms. The number of rotatable bonds is 5. The van der Waals surface area contributed by atoms with Gasteiger partial charge in [-0.1, -0.05) is 30.3 Å². The lowest BCUT2D eigenvalue weighted by molar-refractivity contribution is -0.176. The van der Waals surface area contributed by atoms with Gasteiger partial charge in [0.1, 0.15) is 17.9 Å². The zero-order valence-corrected chi connectivity index (χ0v) is 20.9. The summed E-state index contributed by atoms with van der Waals surface area (Å²) in [4.78, 5) is 28.3. The Hall–Kier alpha value is -2.16. The molecule has 4 atom stereocenters. The van der Waals surface area contributed by atoms with Gasteiger partial charge in [0.25, 0.3) is 0 Å². The molecule has 3 heterocycles. The van der Waals surface area contributed by atoms with Crippen LogP contribution in [-0.4, -0.2) is 65.4 Å². The third kappa shape index (κ3) is 5.39. The molecule has 0 radical (unpaired) electrons. The first-order valence-corrected chi connectivity index (χ1v) is 12.2. The molecule has 1 amide bonds. The van der Waals surface area contributed by atoms with Crippen molar-refractivity contribution in [2.45, 2.75) is 102 Å². The van der Waals surface area contributed by atoms with E-state index in [1.165, 1.54) is 0 Å². The number of esters is 1. The zero-order valence-electron chi connectivity index (χ0n) is 20.9. The molecule has 8 nitrogen and oxygen atoms in total. The summed E-state index contributed by atoms with van der Waals surface area (Å²) in [5, 5.41) is 0. The zero-order chi connectivity index (χ0) is 24.6. The first-order chi connectivity index (χ1) is 16.0. The van der Waals surface area contributed by atoms with Crippen LogP contribution in [0.4, 0.5) is 4.79 Å². The van der Waals surface area contributed by atoms with E-state index < -0.39 is 35.0 Å². The standard InChI is InChI=1S/C26H37NO7/c1-24(2,3)34-23(29)27-19(17-32-25(27,4)5)14-26(15-21-20(33-26)12-9-13-30-21)22(28)31-16-18-10-7-6-8-11-18/h6-8,10-11,19-21H,9,12-17H2,1-5H3/t19-,20+,21+,26-/m0/s1. The molecule has 0 aliphatic carbocycles. The average molecular weight is 476 g/mol. The molecule has 0 bridgehead atoms. The smallest absolute Gasteiger partial charge is 0.412 e. The maximum absolute atomic E-state index is 13.6. The van der Waals surface area contributed by atoms with E-state index in [4.69, 9.17) is 23.7 Å². The van der Waals surface area contributed by atoms with Crippen molar-refractivity contribution in [1.29, 1.82) is 0 Å². The molecule has 3 aliphatic heterocycles. The van der Waals surface area contributed by atoms with Crippen LogP contribution in [0.25, 0.3) is 0 Å². The number of amides is 1. The number of hydrogen-bond acceptors (Lipinski definition) is 7. The fraction of sp³-hybridized carbons (Fsp3) is 0.692. The molecule has 0 N–H and O–H groups in total. The molecule has 0 aromatic heterocycles. The molecule has 4 rings (SSSR count). The highest BCUT2D eigenvalue weighted by molar-refractivity contribution is 5.80. The highest BCUT2D eigenvalue weighted by Gasteiger charge is 2.58. The lowest BCUT2D eigenvalue weighted by atomic mass is 9.89. The van der Waals surface area contributed by atoms with Gasteiger partial charge >= 0.3 is 12.1 Å². The summed E-state index contributed by atoms with van der Waals surface area (Å²) in [7, 11) is 0. The number of nitrogens with zero attached hydrogens (tertiary/aromatic N) is 1. The maximum Gasteiger partial charge on any atom is 0.412 e. The molecule has 3 saturated heterocycles. The van der Waals surface area contributed by atoms with Crippen LogP contribution in [0.15, 0.2) is 30.3 Å². The van der Waals surface area contributed by atoms with Gasteiger partial charge in [0.2, 0.25) is 0 Å². The summed E-state index contributed by atoms with van der Waals surface area (Å²) in [6.45, 7) is 10.2. The number of ether oxygens (including phenoxy) is 5. The van der Waals surface area contributed by atoms with Crippen molar-refractivity contribution >= 4 is 12.1 Å². The van der Waals surface area contributed by atoms with Gasteiger partial charge < -0.3 is 23.7 Å². The highest BCUT2D eigenvalue weighted by Crippen LogP contribution is 2.43. The Bertz CT molecular complexity index is 865. The second kappa shape index (κ2) is 9.47. The minimum Gasteiger partial charge on any atom is -0.459 e. The van der Waals surface area contributed by atoms with E-state index in [-0.39, 0.29) is 31.8 Å². The maximum atomic E-state index is 13.6. The Kier molecular flexibility index (Phi) is 6.95. The van der Waals surface area contributed by atoms with E-state index in [0.29, 0.717) is 13.0 Å². The van der Waals surface area contributed by atoms with E-state index >= 15 is 0 Å². The van der Waals surface area contributed by atoms with E-state index in [9.17, 15) is 9.59 Å². The van der Waals surface area contributed by atoms with Crippen LogP contribution in [-0.2, 0) is 35.1 Å². The normalized spacial score (nSPS) is 30.6. The van der Waals surface area contributed by atoms with E-state index in [1.54, 1.807) is 4.90 Å². The molecule has 8 heteroatoms. The second-order valence-electron chi connectivity index (χ2n) is 10.9. The van der Waals surface area contributed by atoms with Crippen molar-refractivity contribution in [2.24, 2.45) is 0 Å². The van der Waals surface area contributed by atoms with Crippen LogP contribution < -0.4 is 0 Å². The fourth-order valence-electron chi connectivity index (χ4n) is 5.10. The topological polar surface area (TPSA) is 83.5 Å². The predicted molar refractivity (Wildman–Crippen MR) is 124 cm³/mol. The van der Waals surface area contributed by atoms with E-state index in [1.807, 2.05) is 65.0 Å². The predicted octanol–water partition coefficient (Wildman–Crippen LogP) is 4.20. The van der Waals surface area contributed by atoms with Gasteiger partial charge in [-0.3, -0.25) is 4.90 Å². The van der Waals surface area contributed by atoms with Crippen LogP contribution in [0.1, 0.15) is 65.9 Å². The SMILES string of the molecule is CC(C)(C)OC(=O)N1[C@@H](C[C@@]2(C(=O)OCc3ccccc3)C[C@H]3OCCC[C@H]3O2)COC1(C)C. The van der Waals surface area contributed by atoms with Gasteiger partial charge in [-0.2, -0.15) is 0 Å². The van der Waals surface area contributed by atoms with Gasteiger partial charge in [-0.25, -0.2) is 9.59 Å². The van der Waals surface area contributed by atoms with Gasteiger partial charge in [-0.15, -0.1) is 0 Å². The molecule has 0 saturated carbocycles. The first-order valence-electron chi connectivity index (χ1n) is 12.2. The third-order valence-electron chi connectivity index (χ3n) is 6.60. The van der Waals surface area contributed by atoms with Crippen LogP contribution in [0.5, 0.6) is 0 Å². The summed E-state index contributed by atoms with van der Waals surface area (Å²) < 4.78 is 29.8. The number of hydrogen-bond donors (Lipinski definition) is 0. The van der Waals surface area contributed by atoms with Crippen molar-refractivity contribution in [2.75, 3.05) is 13.2 Å². The lowest BCUT2D eigenvalue weighted by Crippen LogP contribution is -2.53. The largest absolute Gasteiger partial charge is 0.459 e. The summed E-state index contributed by atoms with van der Waals surface area (Å²) in [6, 6.07) is 9.15. The quantitative estimate of drug-likeness (QED) is 0.590. The highest BCUT2D eigenvalue weighted by atomic mass is 16.6. The van der Waals surface area contributed by atoms with E-state index in [2.05, 4.69) is 0 Å². The van der Waals surface area contributed by atoms with Gasteiger partial charge in [0.15, 0.2) is 5.60 Å². The summed E-state index contributed by atoms with van der Waals surface area (Å²) in [6.07, 6.45) is 1.57. The minimum absolute atomic E-state index is 0.156. The first kappa shape index (κ1) is 24.9. The Morgan fingerprint density at radius 3 is 2.56 bits per heavy atom. The van der Waals surface area contributed by atoms with Crippen LogP contribution in [0, 0.1) is 0 Å². The number of carbonyl (C=O) groups is 2. The Morgan fingerprint density at radius 1 is 1.15 bits per heavy atom. The summed E-state index contributed by atoms with van der Waals surface area (Å²) in [5.41, 5.74) is -1.84. The molecule has 1 aromatic rings. The van der Waals surface area contributed by atoms with Gasteiger partial charge in [0, 0.05) is 19.4 Å². The lowest BCUT2D eigenvalue weighted by Gasteiger charge is -2.37.